The van der Waals surface area contributed by atoms with Crippen molar-refractivity contribution in [3.8, 4) is 0 Å². The van der Waals surface area contributed by atoms with Gasteiger partial charge >= 0.3 is 11.9 Å². The second-order valence-electron chi connectivity index (χ2n) is 7.14. The Labute approximate surface area is 191 Å². The predicted molar refractivity (Wildman–Crippen MR) is 120 cm³/mol. The fraction of sp³-hybridized carbons (Fsp3) is 0.250. The summed E-state index contributed by atoms with van der Waals surface area (Å²) >= 11 is 0. The molecule has 2 rings (SSSR count). The van der Waals surface area contributed by atoms with Crippen molar-refractivity contribution in [2.75, 3.05) is 7.05 Å². The predicted octanol–water partition coefficient (Wildman–Crippen LogP) is 1.55. The number of nitrogens with one attached hydrogen (secondary N) is 1. The number of hydrogen-bond donors (Lipinski definition) is 5. The molecule has 0 fully saturated rings. The fourth-order valence-electron chi connectivity index (χ4n) is 2.80. The van der Waals surface area contributed by atoms with E-state index in [9.17, 15) is 39.6 Å². The number of benzene rings is 2. The summed E-state index contributed by atoms with van der Waals surface area (Å²) in [5, 5.41) is 43.0. The third kappa shape index (κ3) is 5.78. The number of carboxylic acids is 2. The minimum Gasteiger partial charge on any atom is -0.479 e. The largest absolute Gasteiger partial charge is 0.479 e. The molecule has 0 aromatic heterocycles. The maximum atomic E-state index is 12.6. The number of hydrogen-bond acceptors (Lipinski definition) is 7. The number of rotatable bonds is 10. The molecule has 33 heavy (non-hydrogen) atoms. The molecule has 9 heteroatoms. The molecule has 0 bridgehead atoms. The highest BCUT2D eigenvalue weighted by atomic mass is 16.5. The molecule has 3 atom stereocenters. The van der Waals surface area contributed by atoms with E-state index in [1.54, 1.807) is 0 Å². The van der Waals surface area contributed by atoms with Crippen LogP contribution in [0.2, 0.25) is 0 Å². The van der Waals surface area contributed by atoms with Gasteiger partial charge in [0, 0.05) is 17.2 Å². The van der Waals surface area contributed by atoms with Gasteiger partial charge in [0.2, 0.25) is 11.6 Å². The first-order chi connectivity index (χ1) is 15.5. The molecule has 0 aliphatic rings. The van der Waals surface area contributed by atoms with Crippen LogP contribution in [0.3, 0.4) is 0 Å². The van der Waals surface area contributed by atoms with Crippen LogP contribution in [0.25, 0.3) is 0 Å². The summed E-state index contributed by atoms with van der Waals surface area (Å²) < 4.78 is 0. The number of aliphatic hydroxyl groups is 2. The molecule has 0 spiro atoms. The standard InChI is InChI=1S/C18H14O8.C6H13N/c19-13(11-7-3-1-4-8-11)17(25,15(21)22)18(26,16(23)24)14(20)12-9-5-2-6-10-12;1-4-5-6(2)7-3/h1-10,25-26H,(H,21,22)(H,23,24);4,6-7H,1,5H2,2-3H3/t;6-/m.0/s1. The van der Waals surface area contributed by atoms with Crippen LogP contribution in [-0.4, -0.2) is 68.2 Å². The monoisotopic (exact) mass is 457 g/mol. The number of carbonyl (C=O) groups excluding carboxylic acids is 2. The third-order valence-corrected chi connectivity index (χ3v) is 4.88. The van der Waals surface area contributed by atoms with Crippen molar-refractivity contribution in [2.45, 2.75) is 30.6 Å². The average Bonchev–Trinajstić information content (AvgIpc) is 2.83. The molecule has 2 aromatic carbocycles. The first kappa shape index (κ1) is 27.4. The Morgan fingerprint density at radius 3 is 1.39 bits per heavy atom. The quantitative estimate of drug-likeness (QED) is 0.202. The van der Waals surface area contributed by atoms with E-state index in [1.807, 2.05) is 13.1 Å². The van der Waals surface area contributed by atoms with Crippen LogP contribution >= 0.6 is 0 Å². The van der Waals surface area contributed by atoms with Crippen LogP contribution in [0.1, 0.15) is 34.1 Å². The summed E-state index contributed by atoms with van der Waals surface area (Å²) in [6.45, 7) is 5.74. The van der Waals surface area contributed by atoms with Crippen LogP contribution in [0, 0.1) is 0 Å². The molecule has 0 heterocycles. The van der Waals surface area contributed by atoms with Gasteiger partial charge in [-0.1, -0.05) is 66.7 Å². The lowest BCUT2D eigenvalue weighted by Gasteiger charge is -2.34. The van der Waals surface area contributed by atoms with Gasteiger partial charge in [0.15, 0.2) is 0 Å². The van der Waals surface area contributed by atoms with Gasteiger partial charge in [-0.2, -0.15) is 0 Å². The molecule has 176 valence electrons. The van der Waals surface area contributed by atoms with E-state index in [4.69, 9.17) is 0 Å². The zero-order valence-electron chi connectivity index (χ0n) is 18.3. The number of carbonyl (C=O) groups is 4. The van der Waals surface area contributed by atoms with E-state index in [1.165, 1.54) is 36.4 Å². The van der Waals surface area contributed by atoms with Gasteiger partial charge in [0.05, 0.1) is 0 Å². The Hall–Kier alpha value is -3.66. The number of carboxylic acid groups (broad SMARTS) is 2. The molecule has 0 amide bonds. The smallest absolute Gasteiger partial charge is 0.348 e. The van der Waals surface area contributed by atoms with Gasteiger partial charge in [-0.05, 0) is 20.4 Å². The zero-order valence-corrected chi connectivity index (χ0v) is 18.3. The first-order valence-corrected chi connectivity index (χ1v) is 9.87. The van der Waals surface area contributed by atoms with Gasteiger partial charge in [0.1, 0.15) is 0 Å². The van der Waals surface area contributed by atoms with Gasteiger partial charge in [0.25, 0.3) is 11.2 Å². The van der Waals surface area contributed by atoms with Crippen molar-refractivity contribution >= 4 is 23.5 Å². The molecule has 2 aromatic rings. The van der Waals surface area contributed by atoms with Gasteiger partial charge in [-0.3, -0.25) is 9.59 Å². The Bertz CT molecular complexity index is 919. The maximum Gasteiger partial charge on any atom is 0.348 e. The Morgan fingerprint density at radius 2 is 1.18 bits per heavy atom. The van der Waals surface area contributed by atoms with Crippen LogP contribution in [-0.2, 0) is 9.59 Å². The Morgan fingerprint density at radius 1 is 0.848 bits per heavy atom. The first-order valence-electron chi connectivity index (χ1n) is 9.87. The summed E-state index contributed by atoms with van der Waals surface area (Å²) in [7, 11) is 1.95. The molecule has 5 N–H and O–H groups in total. The molecule has 0 saturated carbocycles. The summed E-state index contributed by atoms with van der Waals surface area (Å²) in [4.78, 5) is 48.5. The van der Waals surface area contributed by atoms with Crippen LogP contribution in [0.15, 0.2) is 73.3 Å². The molecule has 0 aliphatic heterocycles. The van der Waals surface area contributed by atoms with E-state index in [-0.39, 0.29) is 0 Å². The van der Waals surface area contributed by atoms with Gasteiger partial charge in [-0.25, -0.2) is 9.59 Å². The Kier molecular flexibility index (Phi) is 9.80. The van der Waals surface area contributed by atoms with Gasteiger partial charge in [-0.15, -0.1) is 6.58 Å². The minimum absolute atomic E-state index is 0.391. The van der Waals surface area contributed by atoms with Crippen molar-refractivity contribution in [1.29, 1.82) is 0 Å². The van der Waals surface area contributed by atoms with E-state index >= 15 is 0 Å². The number of ketones is 2. The molecule has 9 nitrogen and oxygen atoms in total. The second kappa shape index (κ2) is 11.8. The van der Waals surface area contributed by atoms with E-state index in [0.717, 1.165) is 30.7 Å². The average molecular weight is 457 g/mol. The molecule has 0 aliphatic carbocycles. The number of Topliss-reactive ketones (excluding diaryl/α,β-unsaturated/α-hetero) is 2. The van der Waals surface area contributed by atoms with E-state index < -0.39 is 45.8 Å². The summed E-state index contributed by atoms with van der Waals surface area (Å²) in [6, 6.07) is 13.4. The molecular weight excluding hydrogens is 430 g/mol. The molecule has 0 radical (unpaired) electrons. The molecule has 2 unspecified atom stereocenters. The van der Waals surface area contributed by atoms with Crippen molar-refractivity contribution in [3.63, 3.8) is 0 Å². The fourth-order valence-corrected chi connectivity index (χ4v) is 2.80. The minimum atomic E-state index is -3.95. The van der Waals surface area contributed by atoms with E-state index in [0.29, 0.717) is 6.04 Å². The van der Waals surface area contributed by atoms with Gasteiger partial charge < -0.3 is 25.7 Å². The van der Waals surface area contributed by atoms with Crippen molar-refractivity contribution < 1.29 is 39.6 Å². The maximum absolute atomic E-state index is 12.6. The van der Waals surface area contributed by atoms with E-state index in [2.05, 4.69) is 18.8 Å². The second-order valence-corrected chi connectivity index (χ2v) is 7.14. The Balaban J connectivity index is 0.000000675. The summed E-state index contributed by atoms with van der Waals surface area (Å²) in [6.07, 6.45) is 2.97. The van der Waals surface area contributed by atoms with Crippen LogP contribution in [0.4, 0.5) is 0 Å². The van der Waals surface area contributed by atoms with Crippen LogP contribution in [0.5, 0.6) is 0 Å². The highest BCUT2D eigenvalue weighted by Crippen LogP contribution is 2.31. The summed E-state index contributed by atoms with van der Waals surface area (Å²) in [5.41, 5.74) is -8.68. The third-order valence-electron chi connectivity index (χ3n) is 4.88. The SMILES string of the molecule is C=CC[C@H](C)NC.O=C(O)C(O)(C(=O)c1ccccc1)C(O)(C(=O)O)C(=O)c1ccccc1. The van der Waals surface area contributed by atoms with Crippen LogP contribution < -0.4 is 5.32 Å². The highest BCUT2D eigenvalue weighted by molar-refractivity contribution is 6.28. The highest BCUT2D eigenvalue weighted by Gasteiger charge is 2.69. The molecule has 0 saturated heterocycles. The zero-order chi connectivity index (χ0) is 25.2. The lowest BCUT2D eigenvalue weighted by molar-refractivity contribution is -0.187. The van der Waals surface area contributed by atoms with Crippen molar-refractivity contribution in [3.05, 3.63) is 84.4 Å². The van der Waals surface area contributed by atoms with Crippen molar-refractivity contribution in [1.82, 2.24) is 5.32 Å². The molecular formula is C24H27NO8. The topological polar surface area (TPSA) is 161 Å². The van der Waals surface area contributed by atoms with Crippen molar-refractivity contribution in [2.24, 2.45) is 0 Å². The summed E-state index contributed by atoms with van der Waals surface area (Å²) in [5.74, 6) is -8.03. The lowest BCUT2D eigenvalue weighted by Crippen LogP contribution is -2.71. The number of aliphatic carboxylic acids is 2. The normalized spacial score (nSPS) is 14.9. The lowest BCUT2D eigenvalue weighted by atomic mass is 9.73.